The molecule has 0 spiro atoms. The molecule has 1 atom stereocenters. The number of ether oxygens (including phenoxy) is 1. The van der Waals surface area contributed by atoms with Gasteiger partial charge in [-0.25, -0.2) is 5.43 Å². The highest BCUT2D eigenvalue weighted by Gasteiger charge is 2.29. The zero-order valence-electron chi connectivity index (χ0n) is 13.3. The number of amides is 2. The van der Waals surface area contributed by atoms with E-state index >= 15 is 0 Å². The summed E-state index contributed by atoms with van der Waals surface area (Å²) < 4.78 is 4.75. The Labute approximate surface area is 134 Å². The van der Waals surface area contributed by atoms with E-state index in [1.54, 1.807) is 12.1 Å². The molecule has 0 saturated heterocycles. The molecule has 1 unspecified atom stereocenters. The third-order valence-electron chi connectivity index (χ3n) is 3.59. The van der Waals surface area contributed by atoms with E-state index in [2.05, 4.69) is 15.8 Å². The lowest BCUT2D eigenvalue weighted by Crippen LogP contribution is -2.39. The van der Waals surface area contributed by atoms with Crippen LogP contribution < -0.4 is 10.7 Å². The highest BCUT2D eigenvalue weighted by Crippen LogP contribution is 2.19. The average molecular weight is 317 g/mol. The van der Waals surface area contributed by atoms with E-state index in [9.17, 15) is 14.4 Å². The normalized spacial score (nSPS) is 17.8. The van der Waals surface area contributed by atoms with E-state index in [1.165, 1.54) is 13.8 Å². The molecule has 7 heteroatoms. The fraction of sp³-hybridized carbons (Fsp3) is 0.375. The number of hydrogen-bond donors (Lipinski definition) is 2. The Morgan fingerprint density at radius 1 is 1.39 bits per heavy atom. The minimum atomic E-state index is -1.24. The maximum absolute atomic E-state index is 12.0. The summed E-state index contributed by atoms with van der Waals surface area (Å²) in [6.45, 7) is 5.20. The number of hydrazone groups is 1. The zero-order valence-corrected chi connectivity index (χ0v) is 13.3. The molecule has 0 radical (unpaired) electrons. The lowest BCUT2D eigenvalue weighted by molar-refractivity contribution is -0.150. The molecule has 23 heavy (non-hydrogen) atoms. The van der Waals surface area contributed by atoms with Crippen molar-refractivity contribution in [3.8, 4) is 0 Å². The van der Waals surface area contributed by atoms with E-state index < -0.39 is 11.5 Å². The van der Waals surface area contributed by atoms with Gasteiger partial charge in [0.25, 0.3) is 12.4 Å². The topological polar surface area (TPSA) is 96.9 Å². The smallest absolute Gasteiger partial charge is 0.294 e. The Morgan fingerprint density at radius 2 is 2.04 bits per heavy atom. The van der Waals surface area contributed by atoms with Crippen LogP contribution in [0.4, 0.5) is 5.69 Å². The van der Waals surface area contributed by atoms with Crippen molar-refractivity contribution >= 4 is 29.7 Å². The first-order valence-corrected chi connectivity index (χ1v) is 7.23. The SMILES string of the molecule is CC1CC(=O)NN=C1c1ccc(NC(=O)C(C)(C)OC=O)cc1. The van der Waals surface area contributed by atoms with Crippen molar-refractivity contribution in [2.45, 2.75) is 32.8 Å². The molecule has 0 bridgehead atoms. The van der Waals surface area contributed by atoms with Crippen molar-refractivity contribution in [3.63, 3.8) is 0 Å². The number of benzene rings is 1. The minimum Gasteiger partial charge on any atom is -0.452 e. The Hall–Kier alpha value is -2.70. The first-order valence-electron chi connectivity index (χ1n) is 7.23. The second-order valence-corrected chi connectivity index (χ2v) is 5.89. The number of nitrogens with zero attached hydrogens (tertiary/aromatic N) is 1. The van der Waals surface area contributed by atoms with Crippen molar-refractivity contribution in [1.29, 1.82) is 0 Å². The maximum Gasteiger partial charge on any atom is 0.294 e. The van der Waals surface area contributed by atoms with Crippen molar-refractivity contribution in [3.05, 3.63) is 29.8 Å². The van der Waals surface area contributed by atoms with Crippen LogP contribution in [0.2, 0.25) is 0 Å². The lowest BCUT2D eigenvalue weighted by atomic mass is 9.94. The predicted octanol–water partition coefficient (Wildman–Crippen LogP) is 1.44. The summed E-state index contributed by atoms with van der Waals surface area (Å²) in [4.78, 5) is 33.7. The van der Waals surface area contributed by atoms with Crippen LogP contribution in [-0.4, -0.2) is 29.6 Å². The van der Waals surface area contributed by atoms with Gasteiger partial charge in [-0.2, -0.15) is 5.10 Å². The maximum atomic E-state index is 12.0. The largest absolute Gasteiger partial charge is 0.452 e. The standard InChI is InChI=1S/C16H19N3O4/c1-10-8-13(21)18-19-14(10)11-4-6-12(7-5-11)17-15(22)16(2,3)23-9-20/h4-7,9-10H,8H2,1-3H3,(H,17,22)(H,18,21). The number of carbonyl (C=O) groups is 3. The van der Waals surface area contributed by atoms with Gasteiger partial charge in [-0.05, 0) is 31.5 Å². The molecule has 0 saturated carbocycles. The number of anilines is 1. The Kier molecular flexibility index (Phi) is 4.78. The second kappa shape index (κ2) is 6.60. The number of hydrogen-bond acceptors (Lipinski definition) is 5. The molecule has 1 aromatic carbocycles. The third-order valence-corrected chi connectivity index (χ3v) is 3.59. The Bertz CT molecular complexity index is 650. The summed E-state index contributed by atoms with van der Waals surface area (Å²) in [6.07, 6.45) is 0.397. The summed E-state index contributed by atoms with van der Waals surface area (Å²) in [5.41, 5.74) is 3.48. The Morgan fingerprint density at radius 3 is 2.61 bits per heavy atom. The van der Waals surface area contributed by atoms with Gasteiger partial charge in [0.05, 0.1) is 5.71 Å². The first-order chi connectivity index (χ1) is 10.8. The molecule has 0 aromatic heterocycles. The van der Waals surface area contributed by atoms with Crippen molar-refractivity contribution < 1.29 is 19.1 Å². The van der Waals surface area contributed by atoms with Crippen LogP contribution in [0.5, 0.6) is 0 Å². The van der Waals surface area contributed by atoms with E-state index in [0.29, 0.717) is 12.1 Å². The molecular formula is C16H19N3O4. The van der Waals surface area contributed by atoms with Crippen molar-refractivity contribution in [2.75, 3.05) is 5.32 Å². The fourth-order valence-electron chi connectivity index (χ4n) is 2.18. The molecule has 1 heterocycles. The molecule has 0 fully saturated rings. The fourth-order valence-corrected chi connectivity index (χ4v) is 2.18. The van der Waals surface area contributed by atoms with Gasteiger partial charge in [0.1, 0.15) is 0 Å². The monoisotopic (exact) mass is 317 g/mol. The van der Waals surface area contributed by atoms with Crippen LogP contribution >= 0.6 is 0 Å². The zero-order chi connectivity index (χ0) is 17.0. The van der Waals surface area contributed by atoms with E-state index in [0.717, 1.165) is 11.3 Å². The first kappa shape index (κ1) is 16.7. The quantitative estimate of drug-likeness (QED) is 0.803. The Balaban J connectivity index is 2.10. The molecule has 1 aliphatic heterocycles. The van der Waals surface area contributed by atoms with Crippen molar-refractivity contribution in [2.24, 2.45) is 11.0 Å². The van der Waals surface area contributed by atoms with Crippen LogP contribution in [0, 0.1) is 5.92 Å². The molecule has 2 N–H and O–H groups in total. The van der Waals surface area contributed by atoms with Gasteiger partial charge in [-0.15, -0.1) is 0 Å². The molecule has 0 aliphatic carbocycles. The molecule has 1 aromatic rings. The van der Waals surface area contributed by atoms with Gasteiger partial charge in [-0.3, -0.25) is 14.4 Å². The van der Waals surface area contributed by atoms with Gasteiger partial charge in [-0.1, -0.05) is 19.1 Å². The van der Waals surface area contributed by atoms with Crippen LogP contribution in [0.25, 0.3) is 0 Å². The van der Waals surface area contributed by atoms with Gasteiger partial charge >= 0.3 is 0 Å². The average Bonchev–Trinajstić information content (AvgIpc) is 2.48. The minimum absolute atomic E-state index is 0.0316. The lowest BCUT2D eigenvalue weighted by Gasteiger charge is -2.22. The number of carbonyl (C=O) groups excluding carboxylic acids is 3. The molecule has 1 aliphatic rings. The van der Waals surface area contributed by atoms with Crippen LogP contribution in [0.1, 0.15) is 32.8 Å². The van der Waals surface area contributed by atoms with Gasteiger partial charge in [0, 0.05) is 18.0 Å². The molecule has 2 rings (SSSR count). The highest BCUT2D eigenvalue weighted by atomic mass is 16.5. The molecule has 2 amide bonds. The second-order valence-electron chi connectivity index (χ2n) is 5.89. The molecule has 122 valence electrons. The van der Waals surface area contributed by atoms with E-state index in [-0.39, 0.29) is 18.3 Å². The summed E-state index contributed by atoms with van der Waals surface area (Å²) in [5, 5.41) is 6.77. The summed E-state index contributed by atoms with van der Waals surface area (Å²) >= 11 is 0. The predicted molar refractivity (Wildman–Crippen MR) is 84.8 cm³/mol. The third kappa shape index (κ3) is 3.94. The van der Waals surface area contributed by atoms with E-state index in [1.807, 2.05) is 19.1 Å². The van der Waals surface area contributed by atoms with Crippen LogP contribution in [-0.2, 0) is 19.1 Å². The van der Waals surface area contributed by atoms with Crippen LogP contribution in [0.3, 0.4) is 0 Å². The summed E-state index contributed by atoms with van der Waals surface area (Å²) in [5.74, 6) is -0.486. The van der Waals surface area contributed by atoms with E-state index in [4.69, 9.17) is 4.74 Å². The van der Waals surface area contributed by atoms with Crippen molar-refractivity contribution in [1.82, 2.24) is 5.43 Å². The van der Waals surface area contributed by atoms with Gasteiger partial charge in [0.2, 0.25) is 5.91 Å². The van der Waals surface area contributed by atoms with Gasteiger partial charge in [0.15, 0.2) is 5.60 Å². The summed E-state index contributed by atoms with van der Waals surface area (Å²) in [7, 11) is 0. The number of nitrogens with one attached hydrogen (secondary N) is 2. The highest BCUT2D eigenvalue weighted by molar-refractivity contribution is 6.06. The van der Waals surface area contributed by atoms with Gasteiger partial charge < -0.3 is 10.1 Å². The molecule has 7 nitrogen and oxygen atoms in total. The van der Waals surface area contributed by atoms with Crippen LogP contribution in [0.15, 0.2) is 29.4 Å². The molecular weight excluding hydrogens is 298 g/mol. The number of rotatable bonds is 5. The summed E-state index contributed by atoms with van der Waals surface area (Å²) in [6, 6.07) is 7.10.